The lowest BCUT2D eigenvalue weighted by Crippen LogP contribution is -2.53. The summed E-state index contributed by atoms with van der Waals surface area (Å²) in [7, 11) is 0. The molecule has 0 aromatic heterocycles. The van der Waals surface area contributed by atoms with E-state index < -0.39 is 6.10 Å². The van der Waals surface area contributed by atoms with E-state index in [1.165, 1.54) is 0 Å². The summed E-state index contributed by atoms with van der Waals surface area (Å²) < 4.78 is 16.4. The van der Waals surface area contributed by atoms with Crippen LogP contribution in [0, 0.1) is 0 Å². The van der Waals surface area contributed by atoms with Gasteiger partial charge < -0.3 is 19.3 Å². The average molecular weight is 200 g/mol. The summed E-state index contributed by atoms with van der Waals surface area (Å²) >= 11 is 0. The molecule has 0 radical (unpaired) electrons. The summed E-state index contributed by atoms with van der Waals surface area (Å²) in [5.41, 5.74) is 0. The van der Waals surface area contributed by atoms with Gasteiger partial charge in [-0.15, -0.1) is 6.58 Å². The molecule has 2 aliphatic heterocycles. The molecule has 0 amide bonds. The smallest absolute Gasteiger partial charge is 0.155 e. The molecular formula is C10H16O4. The van der Waals surface area contributed by atoms with E-state index in [9.17, 15) is 5.11 Å². The largest absolute Gasteiger partial charge is 0.390 e. The van der Waals surface area contributed by atoms with E-state index in [0.29, 0.717) is 13.0 Å². The maximum absolute atomic E-state index is 9.68. The Labute approximate surface area is 83.5 Å². The fourth-order valence-corrected chi connectivity index (χ4v) is 1.92. The van der Waals surface area contributed by atoms with E-state index in [4.69, 9.17) is 14.2 Å². The molecular weight excluding hydrogens is 184 g/mol. The van der Waals surface area contributed by atoms with Gasteiger partial charge in [-0.25, -0.2) is 0 Å². The third kappa shape index (κ3) is 1.83. The van der Waals surface area contributed by atoms with E-state index in [-0.39, 0.29) is 24.6 Å². The highest BCUT2D eigenvalue weighted by atomic mass is 16.7. The van der Waals surface area contributed by atoms with Crippen LogP contribution >= 0.6 is 0 Å². The number of fused-ring (bicyclic) bond motifs is 1. The van der Waals surface area contributed by atoms with Crippen molar-refractivity contribution in [1.82, 2.24) is 0 Å². The molecule has 2 aliphatic rings. The van der Waals surface area contributed by atoms with Crippen LogP contribution < -0.4 is 0 Å². The van der Waals surface area contributed by atoms with Crippen molar-refractivity contribution < 1.29 is 19.3 Å². The molecule has 4 heteroatoms. The Bertz CT molecular complexity index is 218. The number of aliphatic hydroxyl groups excluding tert-OH is 1. The molecule has 2 heterocycles. The fraction of sp³-hybridized carbons (Fsp3) is 0.800. The van der Waals surface area contributed by atoms with Gasteiger partial charge in [0.1, 0.15) is 12.2 Å². The highest BCUT2D eigenvalue weighted by Crippen LogP contribution is 2.27. The maximum Gasteiger partial charge on any atom is 0.155 e. The number of aliphatic hydroxyl groups is 1. The van der Waals surface area contributed by atoms with Crippen molar-refractivity contribution in [3.63, 3.8) is 0 Å². The Balaban J connectivity index is 2.00. The highest BCUT2D eigenvalue weighted by Gasteiger charge is 2.40. The average Bonchev–Trinajstić information content (AvgIpc) is 2.16. The Morgan fingerprint density at radius 3 is 2.86 bits per heavy atom. The Morgan fingerprint density at radius 2 is 2.14 bits per heavy atom. The summed E-state index contributed by atoms with van der Waals surface area (Å²) in [6.45, 7) is 6.00. The van der Waals surface area contributed by atoms with Crippen LogP contribution in [0.3, 0.4) is 0 Å². The van der Waals surface area contributed by atoms with Gasteiger partial charge >= 0.3 is 0 Å². The Morgan fingerprint density at radius 1 is 1.36 bits per heavy atom. The molecule has 0 bridgehead atoms. The summed E-state index contributed by atoms with van der Waals surface area (Å²) in [6, 6.07) is 0. The molecule has 4 nitrogen and oxygen atoms in total. The maximum atomic E-state index is 9.68. The molecule has 2 rings (SSSR count). The molecule has 5 atom stereocenters. The van der Waals surface area contributed by atoms with E-state index in [1.54, 1.807) is 6.08 Å². The first-order valence-corrected chi connectivity index (χ1v) is 4.94. The van der Waals surface area contributed by atoms with Crippen molar-refractivity contribution in [3.05, 3.63) is 12.7 Å². The van der Waals surface area contributed by atoms with Gasteiger partial charge in [0.25, 0.3) is 0 Å². The minimum Gasteiger partial charge on any atom is -0.390 e. The van der Waals surface area contributed by atoms with E-state index >= 15 is 0 Å². The SMILES string of the molecule is C=CC1OC2COC(C)OC2CC1O. The second-order valence-electron chi connectivity index (χ2n) is 3.75. The monoisotopic (exact) mass is 200 g/mol. The van der Waals surface area contributed by atoms with Crippen molar-refractivity contribution in [1.29, 1.82) is 0 Å². The third-order valence-corrected chi connectivity index (χ3v) is 2.69. The van der Waals surface area contributed by atoms with Crippen molar-refractivity contribution in [2.75, 3.05) is 6.61 Å². The van der Waals surface area contributed by atoms with E-state index in [2.05, 4.69) is 6.58 Å². The molecule has 5 unspecified atom stereocenters. The van der Waals surface area contributed by atoms with Crippen LogP contribution in [0.2, 0.25) is 0 Å². The fourth-order valence-electron chi connectivity index (χ4n) is 1.92. The van der Waals surface area contributed by atoms with Gasteiger partial charge in [0.05, 0.1) is 18.8 Å². The second kappa shape index (κ2) is 3.98. The predicted octanol–water partition coefficient (Wildman–Crippen LogP) is 0.452. The van der Waals surface area contributed by atoms with Gasteiger partial charge in [-0.2, -0.15) is 0 Å². The van der Waals surface area contributed by atoms with Crippen LogP contribution in [0.4, 0.5) is 0 Å². The first kappa shape index (κ1) is 10.1. The van der Waals surface area contributed by atoms with Crippen molar-refractivity contribution in [2.24, 2.45) is 0 Å². The molecule has 0 aromatic carbocycles. The summed E-state index contributed by atoms with van der Waals surface area (Å²) in [6.07, 6.45) is 1.08. The van der Waals surface area contributed by atoms with Gasteiger partial charge in [-0.05, 0) is 6.92 Å². The molecule has 0 saturated carbocycles. The molecule has 0 aromatic rings. The van der Waals surface area contributed by atoms with E-state index in [1.807, 2.05) is 6.92 Å². The van der Waals surface area contributed by atoms with Crippen molar-refractivity contribution >= 4 is 0 Å². The van der Waals surface area contributed by atoms with Crippen LogP contribution in [-0.4, -0.2) is 42.4 Å². The lowest BCUT2D eigenvalue weighted by Gasteiger charge is -2.42. The summed E-state index contributed by atoms with van der Waals surface area (Å²) in [5.74, 6) is 0. The van der Waals surface area contributed by atoms with E-state index in [0.717, 1.165) is 0 Å². The van der Waals surface area contributed by atoms with Crippen LogP contribution in [0.25, 0.3) is 0 Å². The van der Waals surface area contributed by atoms with Crippen LogP contribution in [-0.2, 0) is 14.2 Å². The summed E-state index contributed by atoms with van der Waals surface area (Å²) in [5, 5.41) is 9.68. The molecule has 0 aliphatic carbocycles. The number of ether oxygens (including phenoxy) is 3. The normalized spacial score (nSPS) is 48.3. The van der Waals surface area contributed by atoms with Gasteiger partial charge in [-0.3, -0.25) is 0 Å². The van der Waals surface area contributed by atoms with Crippen molar-refractivity contribution in [3.8, 4) is 0 Å². The zero-order chi connectivity index (χ0) is 10.1. The summed E-state index contributed by atoms with van der Waals surface area (Å²) in [4.78, 5) is 0. The molecule has 2 fully saturated rings. The minimum atomic E-state index is -0.515. The Kier molecular flexibility index (Phi) is 2.88. The number of rotatable bonds is 1. The minimum absolute atomic E-state index is 0.0510. The predicted molar refractivity (Wildman–Crippen MR) is 49.8 cm³/mol. The molecule has 1 N–H and O–H groups in total. The standard InChI is InChI=1S/C10H16O4/c1-3-8-7(11)4-9-10(14-8)5-12-6(2)13-9/h3,6-11H,1,4-5H2,2H3. The lowest BCUT2D eigenvalue weighted by molar-refractivity contribution is -0.287. The third-order valence-electron chi connectivity index (χ3n) is 2.69. The first-order chi connectivity index (χ1) is 6.70. The lowest BCUT2D eigenvalue weighted by atomic mass is 9.98. The molecule has 14 heavy (non-hydrogen) atoms. The number of hydrogen-bond acceptors (Lipinski definition) is 4. The van der Waals surface area contributed by atoms with Gasteiger partial charge in [0, 0.05) is 6.42 Å². The topological polar surface area (TPSA) is 47.9 Å². The second-order valence-corrected chi connectivity index (χ2v) is 3.75. The highest BCUT2D eigenvalue weighted by molar-refractivity contribution is 4.95. The van der Waals surface area contributed by atoms with Gasteiger partial charge in [0.2, 0.25) is 0 Å². The van der Waals surface area contributed by atoms with Crippen molar-refractivity contribution in [2.45, 2.75) is 44.1 Å². The van der Waals surface area contributed by atoms with Crippen LogP contribution in [0.5, 0.6) is 0 Å². The van der Waals surface area contributed by atoms with Gasteiger partial charge in [-0.1, -0.05) is 6.08 Å². The zero-order valence-electron chi connectivity index (χ0n) is 8.26. The Hall–Kier alpha value is -0.420. The van der Waals surface area contributed by atoms with Gasteiger partial charge in [0.15, 0.2) is 6.29 Å². The zero-order valence-corrected chi connectivity index (χ0v) is 8.26. The first-order valence-electron chi connectivity index (χ1n) is 4.94. The number of hydrogen-bond donors (Lipinski definition) is 1. The van der Waals surface area contributed by atoms with Crippen LogP contribution in [0.1, 0.15) is 13.3 Å². The molecule has 2 saturated heterocycles. The quantitative estimate of drug-likeness (QED) is 0.624. The van der Waals surface area contributed by atoms with Crippen LogP contribution in [0.15, 0.2) is 12.7 Å². The molecule has 80 valence electrons. The molecule has 0 spiro atoms.